The third kappa shape index (κ3) is 2.97. The quantitative estimate of drug-likeness (QED) is 0.319. The van der Waals surface area contributed by atoms with Crippen LogP contribution >= 0.6 is 0 Å². The van der Waals surface area contributed by atoms with Crippen molar-refractivity contribution in [1.82, 2.24) is 20.2 Å². The van der Waals surface area contributed by atoms with Crippen molar-refractivity contribution in [3.63, 3.8) is 0 Å². The molecule has 3 heterocycles. The lowest BCUT2D eigenvalue weighted by Gasteiger charge is -2.15. The van der Waals surface area contributed by atoms with E-state index in [4.69, 9.17) is 5.73 Å². The molecule has 0 radical (unpaired) electrons. The summed E-state index contributed by atoms with van der Waals surface area (Å²) in [5.74, 6) is -0.504. The fourth-order valence-corrected chi connectivity index (χ4v) is 4.37. The average Bonchev–Trinajstić information content (AvgIpc) is 3.21. The number of pyridine rings is 2. The Labute approximate surface area is 174 Å². The molecule has 0 aliphatic heterocycles. The molecule has 3 aromatic heterocycles. The number of aromatic nitrogens is 4. The predicted octanol–water partition coefficient (Wildman–Crippen LogP) is 2.71. The molecule has 5 aromatic rings. The van der Waals surface area contributed by atoms with Gasteiger partial charge in [-0.1, -0.05) is 6.07 Å². The van der Waals surface area contributed by atoms with E-state index in [1.807, 2.05) is 0 Å². The smallest absolute Gasteiger partial charge is 0.272 e. The minimum atomic E-state index is -3.61. The summed E-state index contributed by atoms with van der Waals surface area (Å²) in [6.45, 7) is 0. The number of benzene rings is 2. The van der Waals surface area contributed by atoms with Gasteiger partial charge < -0.3 is 10.7 Å². The number of nitrogens with two attached hydrogens (primary N) is 1. The largest absolute Gasteiger partial charge is 0.394 e. The first-order chi connectivity index (χ1) is 14.7. The van der Waals surface area contributed by atoms with Crippen molar-refractivity contribution in [2.75, 3.05) is 16.7 Å². The highest BCUT2D eigenvalue weighted by molar-refractivity contribution is 7.92. The van der Waals surface area contributed by atoms with Gasteiger partial charge in [0.15, 0.2) is 0 Å². The Morgan fingerprint density at radius 3 is 2.71 bits per heavy atom. The Morgan fingerprint density at radius 2 is 1.94 bits per heavy atom. The van der Waals surface area contributed by atoms with E-state index in [9.17, 15) is 17.6 Å². The fourth-order valence-electron chi connectivity index (χ4n) is 3.80. The molecule has 0 unspecified atom stereocenters. The normalized spacial score (nSPS) is 12.1. The van der Waals surface area contributed by atoms with Crippen molar-refractivity contribution in [3.8, 4) is 11.1 Å². The number of rotatable bonds is 3. The van der Waals surface area contributed by atoms with Crippen LogP contribution in [0.4, 0.5) is 15.8 Å². The lowest BCUT2D eigenvalue weighted by molar-refractivity contribution is 0.607. The highest BCUT2D eigenvalue weighted by atomic mass is 32.2. The number of hydrogen-bond donors (Lipinski definition) is 4. The van der Waals surface area contributed by atoms with E-state index in [2.05, 4.69) is 24.9 Å². The molecule has 0 fully saturated rings. The average molecular weight is 438 g/mol. The van der Waals surface area contributed by atoms with Gasteiger partial charge in [0.25, 0.3) is 5.56 Å². The van der Waals surface area contributed by atoms with Gasteiger partial charge in [-0.05, 0) is 29.8 Å². The Bertz CT molecular complexity index is 1690. The minimum Gasteiger partial charge on any atom is -0.394 e. The molecule has 11 heteroatoms. The van der Waals surface area contributed by atoms with E-state index >= 15 is 0 Å². The van der Waals surface area contributed by atoms with E-state index in [1.54, 1.807) is 18.2 Å². The second kappa shape index (κ2) is 6.51. The van der Waals surface area contributed by atoms with E-state index in [0.717, 1.165) is 6.26 Å². The molecule has 2 aromatic carbocycles. The van der Waals surface area contributed by atoms with Crippen LogP contribution in [0.5, 0.6) is 0 Å². The van der Waals surface area contributed by atoms with Crippen molar-refractivity contribution in [1.29, 1.82) is 0 Å². The predicted molar refractivity (Wildman–Crippen MR) is 118 cm³/mol. The summed E-state index contributed by atoms with van der Waals surface area (Å²) in [6, 6.07) is 7.68. The summed E-state index contributed by atoms with van der Waals surface area (Å²) in [6.07, 6.45) is 4.01. The number of nitrogen functional groups attached to an aromatic ring is 1. The van der Waals surface area contributed by atoms with Crippen LogP contribution in [0.3, 0.4) is 0 Å². The van der Waals surface area contributed by atoms with E-state index < -0.39 is 21.4 Å². The van der Waals surface area contributed by atoms with Crippen LogP contribution in [0.15, 0.2) is 47.5 Å². The maximum Gasteiger partial charge on any atom is 0.272 e. The molecule has 0 saturated heterocycles. The number of H-pyrrole nitrogens is 2. The van der Waals surface area contributed by atoms with Crippen LogP contribution in [0, 0.1) is 5.82 Å². The van der Waals surface area contributed by atoms with Crippen molar-refractivity contribution >= 4 is 54.1 Å². The van der Waals surface area contributed by atoms with Gasteiger partial charge >= 0.3 is 0 Å². The SMILES string of the molecule is CS(=O)(=O)Nc1cc2c(-c3ccc(F)c4[nH]ncc34)c(N)c(=O)[nH]c2c2ncccc12. The van der Waals surface area contributed by atoms with E-state index in [0.29, 0.717) is 38.3 Å². The Morgan fingerprint density at radius 1 is 1.13 bits per heavy atom. The van der Waals surface area contributed by atoms with Gasteiger partial charge in [-0.15, -0.1) is 0 Å². The van der Waals surface area contributed by atoms with Crippen molar-refractivity contribution in [3.05, 3.63) is 58.9 Å². The zero-order valence-corrected chi connectivity index (χ0v) is 16.8. The monoisotopic (exact) mass is 438 g/mol. The molecular formula is C20H15FN6O3S. The highest BCUT2D eigenvalue weighted by Gasteiger charge is 2.20. The Hall–Kier alpha value is -3.99. The summed E-state index contributed by atoms with van der Waals surface area (Å²) in [5, 5.41) is 7.87. The molecule has 5 N–H and O–H groups in total. The Kier molecular flexibility index (Phi) is 3.99. The molecular weight excluding hydrogens is 423 g/mol. The first-order valence-corrected chi connectivity index (χ1v) is 11.0. The number of nitrogens with zero attached hydrogens (tertiary/aromatic N) is 2. The number of aromatic amines is 2. The van der Waals surface area contributed by atoms with Crippen molar-refractivity contribution in [2.45, 2.75) is 0 Å². The van der Waals surface area contributed by atoms with Crippen LogP contribution < -0.4 is 16.0 Å². The lowest BCUT2D eigenvalue weighted by Crippen LogP contribution is -2.15. The maximum absolute atomic E-state index is 14.2. The second-order valence-corrected chi connectivity index (χ2v) is 8.87. The summed E-state index contributed by atoms with van der Waals surface area (Å²) < 4.78 is 40.6. The molecule has 0 saturated carbocycles. The van der Waals surface area contributed by atoms with E-state index in [1.165, 1.54) is 24.5 Å². The summed E-state index contributed by atoms with van der Waals surface area (Å²) in [7, 11) is -3.61. The molecule has 156 valence electrons. The zero-order chi connectivity index (χ0) is 21.9. The standard InChI is InChI=1S/C20H15FN6O3S/c1-31(29,30)27-14-7-11-15(9-4-5-13(21)17-12(9)8-24-26-17)16(22)20(28)25-19(11)18-10(14)3-2-6-23-18/h2-8,27H,22H2,1H3,(H,24,26)(H,25,28). The van der Waals surface area contributed by atoms with E-state index in [-0.39, 0.29) is 16.9 Å². The van der Waals surface area contributed by atoms with Gasteiger partial charge in [0.1, 0.15) is 17.0 Å². The van der Waals surface area contributed by atoms with Crippen molar-refractivity contribution < 1.29 is 12.8 Å². The molecule has 5 rings (SSSR count). The molecule has 0 spiro atoms. The Balaban J connectivity index is 2.00. The second-order valence-electron chi connectivity index (χ2n) is 7.12. The van der Waals surface area contributed by atoms with Crippen LogP contribution in [-0.2, 0) is 10.0 Å². The molecule has 9 nitrogen and oxygen atoms in total. The van der Waals surface area contributed by atoms with Gasteiger partial charge in [0, 0.05) is 27.9 Å². The van der Waals surface area contributed by atoms with Crippen LogP contribution in [0.2, 0.25) is 0 Å². The first-order valence-electron chi connectivity index (χ1n) is 9.07. The number of sulfonamides is 1. The third-order valence-electron chi connectivity index (χ3n) is 5.04. The zero-order valence-electron chi connectivity index (χ0n) is 16.0. The van der Waals surface area contributed by atoms with Gasteiger partial charge in [-0.25, -0.2) is 12.8 Å². The first kappa shape index (κ1) is 19.0. The number of halogens is 1. The molecule has 0 bridgehead atoms. The van der Waals surface area contributed by atoms with Gasteiger partial charge in [0.05, 0.1) is 29.2 Å². The molecule has 0 aliphatic rings. The third-order valence-corrected chi connectivity index (χ3v) is 5.63. The van der Waals surface area contributed by atoms with Crippen LogP contribution in [-0.4, -0.2) is 34.8 Å². The molecule has 0 amide bonds. The lowest BCUT2D eigenvalue weighted by atomic mass is 9.95. The number of fused-ring (bicyclic) bond motifs is 4. The summed E-state index contributed by atoms with van der Waals surface area (Å²) >= 11 is 0. The van der Waals surface area contributed by atoms with Crippen LogP contribution in [0.25, 0.3) is 43.8 Å². The van der Waals surface area contributed by atoms with Crippen LogP contribution in [0.1, 0.15) is 0 Å². The number of anilines is 2. The molecule has 0 aliphatic carbocycles. The van der Waals surface area contributed by atoms with Gasteiger partial charge in [-0.3, -0.25) is 19.6 Å². The summed E-state index contributed by atoms with van der Waals surface area (Å²) in [5.41, 5.74) is 7.54. The topological polar surface area (TPSA) is 147 Å². The maximum atomic E-state index is 14.2. The van der Waals surface area contributed by atoms with Crippen molar-refractivity contribution in [2.24, 2.45) is 0 Å². The highest BCUT2D eigenvalue weighted by Crippen LogP contribution is 2.39. The summed E-state index contributed by atoms with van der Waals surface area (Å²) in [4.78, 5) is 19.8. The number of hydrogen-bond acceptors (Lipinski definition) is 6. The molecule has 0 atom stereocenters. The van der Waals surface area contributed by atoms with Gasteiger partial charge in [0.2, 0.25) is 10.0 Å². The number of nitrogens with one attached hydrogen (secondary N) is 3. The van der Waals surface area contributed by atoms with Gasteiger partial charge in [-0.2, -0.15) is 5.10 Å². The molecule has 31 heavy (non-hydrogen) atoms. The minimum absolute atomic E-state index is 0.0952. The fraction of sp³-hybridized carbons (Fsp3) is 0.0500.